The first-order valence-corrected chi connectivity index (χ1v) is 5.69. The minimum atomic E-state index is -0.805. The molecule has 0 N–H and O–H groups in total. The Bertz CT molecular complexity index is 456. The second kappa shape index (κ2) is 5.71. The minimum absolute atomic E-state index is 0.276. The monoisotopic (exact) mass is 238 g/mol. The molecule has 0 saturated carbocycles. The van der Waals surface area contributed by atoms with E-state index >= 15 is 0 Å². The standard InChI is InChI=1S/C14H16F2O/c1-4-10(5-2)8-12(17)13-11(15)7-6-9(3)14(13)16/h6-8H,4-5H2,1-3H3. The van der Waals surface area contributed by atoms with Gasteiger partial charge in [-0.05, 0) is 37.5 Å². The van der Waals surface area contributed by atoms with Gasteiger partial charge in [0.05, 0.1) is 5.56 Å². The van der Waals surface area contributed by atoms with Crippen LogP contribution in [0.25, 0.3) is 0 Å². The van der Waals surface area contributed by atoms with Crippen molar-refractivity contribution in [2.45, 2.75) is 33.6 Å². The van der Waals surface area contributed by atoms with Gasteiger partial charge in [-0.2, -0.15) is 0 Å². The molecule has 0 heterocycles. The second-order valence-corrected chi connectivity index (χ2v) is 3.93. The first-order valence-electron chi connectivity index (χ1n) is 5.69. The van der Waals surface area contributed by atoms with Crippen molar-refractivity contribution in [2.75, 3.05) is 0 Å². The van der Waals surface area contributed by atoms with Crippen molar-refractivity contribution in [3.63, 3.8) is 0 Å². The third-order valence-electron chi connectivity index (χ3n) is 2.77. The van der Waals surface area contributed by atoms with E-state index in [0.717, 1.165) is 11.6 Å². The van der Waals surface area contributed by atoms with Crippen LogP contribution in [0.4, 0.5) is 8.78 Å². The number of ketones is 1. The summed E-state index contributed by atoms with van der Waals surface area (Å²) in [6, 6.07) is 2.45. The Labute approximate surface area is 100 Å². The Morgan fingerprint density at radius 1 is 1.24 bits per heavy atom. The maximum atomic E-state index is 13.7. The van der Waals surface area contributed by atoms with Crippen molar-refractivity contribution in [1.29, 1.82) is 0 Å². The van der Waals surface area contributed by atoms with E-state index in [4.69, 9.17) is 0 Å². The third kappa shape index (κ3) is 2.99. The van der Waals surface area contributed by atoms with Gasteiger partial charge in [0.1, 0.15) is 11.6 Å². The molecule has 0 atom stereocenters. The van der Waals surface area contributed by atoms with E-state index in [1.807, 2.05) is 13.8 Å². The van der Waals surface area contributed by atoms with Crippen LogP contribution in [0.3, 0.4) is 0 Å². The number of carbonyl (C=O) groups is 1. The van der Waals surface area contributed by atoms with Crippen LogP contribution < -0.4 is 0 Å². The molecule has 0 amide bonds. The Morgan fingerprint density at radius 3 is 2.35 bits per heavy atom. The topological polar surface area (TPSA) is 17.1 Å². The lowest BCUT2D eigenvalue weighted by Gasteiger charge is -2.05. The van der Waals surface area contributed by atoms with E-state index in [1.165, 1.54) is 19.1 Å². The van der Waals surface area contributed by atoms with Crippen LogP contribution in [-0.2, 0) is 0 Å². The van der Waals surface area contributed by atoms with Gasteiger partial charge in [0.2, 0.25) is 0 Å². The molecule has 3 heteroatoms. The molecule has 17 heavy (non-hydrogen) atoms. The molecule has 0 saturated heterocycles. The number of hydrogen-bond donors (Lipinski definition) is 0. The quantitative estimate of drug-likeness (QED) is 0.567. The molecule has 1 nitrogen and oxygen atoms in total. The van der Waals surface area contributed by atoms with Crippen LogP contribution >= 0.6 is 0 Å². The van der Waals surface area contributed by atoms with Gasteiger partial charge in [0, 0.05) is 0 Å². The van der Waals surface area contributed by atoms with Gasteiger partial charge >= 0.3 is 0 Å². The zero-order valence-corrected chi connectivity index (χ0v) is 10.3. The lowest BCUT2D eigenvalue weighted by atomic mass is 10.0. The largest absolute Gasteiger partial charge is 0.289 e. The van der Waals surface area contributed by atoms with E-state index in [2.05, 4.69) is 0 Å². The summed E-state index contributed by atoms with van der Waals surface area (Å²) < 4.78 is 27.1. The van der Waals surface area contributed by atoms with Crippen molar-refractivity contribution in [3.8, 4) is 0 Å². The smallest absolute Gasteiger partial charge is 0.191 e. The highest BCUT2D eigenvalue weighted by Crippen LogP contribution is 2.18. The van der Waals surface area contributed by atoms with Crippen molar-refractivity contribution in [3.05, 3.63) is 46.5 Å². The van der Waals surface area contributed by atoms with Gasteiger partial charge in [-0.3, -0.25) is 4.79 Å². The average Bonchev–Trinajstić information content (AvgIpc) is 2.31. The SMILES string of the molecule is CCC(=CC(=O)c1c(F)ccc(C)c1F)CC. The van der Waals surface area contributed by atoms with Gasteiger partial charge in [0.25, 0.3) is 0 Å². The van der Waals surface area contributed by atoms with E-state index in [0.29, 0.717) is 12.8 Å². The molecule has 0 unspecified atom stereocenters. The molecule has 0 aliphatic heterocycles. The minimum Gasteiger partial charge on any atom is -0.289 e. The van der Waals surface area contributed by atoms with Gasteiger partial charge < -0.3 is 0 Å². The molecule has 0 aromatic heterocycles. The summed E-state index contributed by atoms with van der Waals surface area (Å²) in [6.45, 7) is 5.33. The summed E-state index contributed by atoms with van der Waals surface area (Å²) in [5, 5.41) is 0. The predicted molar refractivity (Wildman–Crippen MR) is 64.1 cm³/mol. The van der Waals surface area contributed by atoms with Crippen LogP contribution in [0.1, 0.15) is 42.6 Å². The number of halogens is 2. The molecule has 92 valence electrons. The summed E-state index contributed by atoms with van der Waals surface area (Å²) in [6.07, 6.45) is 2.75. The van der Waals surface area contributed by atoms with E-state index < -0.39 is 23.0 Å². The summed E-state index contributed by atoms with van der Waals surface area (Å²) in [7, 11) is 0. The van der Waals surface area contributed by atoms with E-state index in [9.17, 15) is 13.6 Å². The normalized spacial score (nSPS) is 10.2. The fraction of sp³-hybridized carbons (Fsp3) is 0.357. The highest BCUT2D eigenvalue weighted by Gasteiger charge is 2.17. The molecule has 0 fully saturated rings. The van der Waals surface area contributed by atoms with Gasteiger partial charge in [-0.25, -0.2) is 8.78 Å². The van der Waals surface area contributed by atoms with Crippen molar-refractivity contribution >= 4 is 5.78 Å². The maximum Gasteiger partial charge on any atom is 0.191 e. The lowest BCUT2D eigenvalue weighted by molar-refractivity contribution is 0.103. The molecule has 1 rings (SSSR count). The molecule has 0 aliphatic carbocycles. The molecular formula is C14H16F2O. The Kier molecular flexibility index (Phi) is 4.55. The first kappa shape index (κ1) is 13.6. The zero-order chi connectivity index (χ0) is 13.0. The fourth-order valence-electron chi connectivity index (χ4n) is 1.59. The molecule has 0 radical (unpaired) electrons. The Hall–Kier alpha value is -1.51. The third-order valence-corrected chi connectivity index (χ3v) is 2.77. The van der Waals surface area contributed by atoms with Gasteiger partial charge in [-0.15, -0.1) is 0 Å². The first-order chi connectivity index (χ1) is 8.01. The van der Waals surface area contributed by atoms with E-state index in [-0.39, 0.29) is 5.56 Å². The summed E-state index contributed by atoms with van der Waals surface area (Å²) >= 11 is 0. The number of benzene rings is 1. The maximum absolute atomic E-state index is 13.7. The number of rotatable bonds is 4. The molecule has 0 aliphatic rings. The highest BCUT2D eigenvalue weighted by molar-refractivity contribution is 6.05. The van der Waals surface area contributed by atoms with Crippen molar-refractivity contribution in [1.82, 2.24) is 0 Å². The molecular weight excluding hydrogens is 222 g/mol. The summed E-state index contributed by atoms with van der Waals surface area (Å²) in [5.41, 5.74) is 0.706. The predicted octanol–water partition coefficient (Wildman–Crippen LogP) is 4.20. The Morgan fingerprint density at radius 2 is 1.82 bits per heavy atom. The van der Waals surface area contributed by atoms with Crippen LogP contribution in [-0.4, -0.2) is 5.78 Å². The Balaban J connectivity index is 3.21. The van der Waals surface area contributed by atoms with Crippen molar-refractivity contribution in [2.24, 2.45) is 0 Å². The van der Waals surface area contributed by atoms with Crippen LogP contribution in [0.5, 0.6) is 0 Å². The van der Waals surface area contributed by atoms with Gasteiger partial charge in [0.15, 0.2) is 5.78 Å². The number of allylic oxidation sites excluding steroid dienone is 2. The molecule has 0 bridgehead atoms. The van der Waals surface area contributed by atoms with Gasteiger partial charge in [-0.1, -0.05) is 25.5 Å². The number of hydrogen-bond acceptors (Lipinski definition) is 1. The molecule has 0 spiro atoms. The number of aryl methyl sites for hydroxylation is 1. The summed E-state index contributed by atoms with van der Waals surface area (Å²) in [5.74, 6) is -2.17. The zero-order valence-electron chi connectivity index (χ0n) is 10.3. The molecule has 1 aromatic carbocycles. The summed E-state index contributed by atoms with van der Waals surface area (Å²) in [4.78, 5) is 11.8. The van der Waals surface area contributed by atoms with Crippen LogP contribution in [0, 0.1) is 18.6 Å². The number of carbonyl (C=O) groups excluding carboxylic acids is 1. The van der Waals surface area contributed by atoms with Crippen molar-refractivity contribution < 1.29 is 13.6 Å². The average molecular weight is 238 g/mol. The second-order valence-electron chi connectivity index (χ2n) is 3.93. The lowest BCUT2D eigenvalue weighted by Crippen LogP contribution is -2.05. The van der Waals surface area contributed by atoms with Crippen LogP contribution in [0.15, 0.2) is 23.8 Å². The van der Waals surface area contributed by atoms with E-state index in [1.54, 1.807) is 0 Å². The fourth-order valence-corrected chi connectivity index (χ4v) is 1.59. The molecule has 1 aromatic rings. The van der Waals surface area contributed by atoms with Crippen LogP contribution in [0.2, 0.25) is 0 Å². The highest BCUT2D eigenvalue weighted by atomic mass is 19.1.